The first kappa shape index (κ1) is 58.4. The van der Waals surface area contributed by atoms with E-state index in [9.17, 15) is 14.4 Å². The third-order valence-electron chi connectivity index (χ3n) is 11.3. The molecule has 0 aromatic heterocycles. The molecule has 61 heavy (non-hydrogen) atoms. The number of carbonyl (C=O) groups excluding carboxylic acids is 3. The van der Waals surface area contributed by atoms with Gasteiger partial charge in [-0.2, -0.15) is 0 Å². The Hall–Kier alpha value is -2.63. The van der Waals surface area contributed by atoms with E-state index in [1.807, 2.05) is 0 Å². The molecule has 0 bridgehead atoms. The smallest absolute Gasteiger partial charge is 0.306 e. The van der Waals surface area contributed by atoms with Crippen molar-refractivity contribution in [3.63, 3.8) is 0 Å². The predicted octanol–water partition coefficient (Wildman–Crippen LogP) is 17.1. The van der Waals surface area contributed by atoms with Crippen LogP contribution in [-0.2, 0) is 28.6 Å². The summed E-state index contributed by atoms with van der Waals surface area (Å²) in [5, 5.41) is 0. The lowest BCUT2D eigenvalue weighted by molar-refractivity contribution is -0.167. The maximum atomic E-state index is 12.8. The third-order valence-corrected chi connectivity index (χ3v) is 11.3. The van der Waals surface area contributed by atoms with Crippen molar-refractivity contribution in [3.05, 3.63) is 48.6 Å². The second-order valence-electron chi connectivity index (χ2n) is 17.4. The monoisotopic (exact) mass is 855 g/mol. The maximum Gasteiger partial charge on any atom is 0.306 e. The summed E-state index contributed by atoms with van der Waals surface area (Å²) < 4.78 is 16.7. The molecule has 0 amide bonds. The average Bonchev–Trinajstić information content (AvgIpc) is 3.26. The van der Waals surface area contributed by atoms with Gasteiger partial charge in [0.15, 0.2) is 6.10 Å². The van der Waals surface area contributed by atoms with Crippen molar-refractivity contribution in [2.75, 3.05) is 13.2 Å². The third kappa shape index (κ3) is 48.3. The summed E-state index contributed by atoms with van der Waals surface area (Å²) in [6, 6.07) is 0. The molecule has 0 rings (SSSR count). The van der Waals surface area contributed by atoms with E-state index in [1.165, 1.54) is 154 Å². The lowest BCUT2D eigenvalue weighted by Crippen LogP contribution is -2.30. The van der Waals surface area contributed by atoms with Crippen molar-refractivity contribution >= 4 is 17.9 Å². The zero-order valence-corrected chi connectivity index (χ0v) is 40.4. The molecule has 0 N–H and O–H groups in total. The highest BCUT2D eigenvalue weighted by molar-refractivity contribution is 5.71. The van der Waals surface area contributed by atoms with Gasteiger partial charge in [0, 0.05) is 19.3 Å². The molecule has 0 aromatic rings. The van der Waals surface area contributed by atoms with Crippen molar-refractivity contribution in [2.24, 2.45) is 0 Å². The van der Waals surface area contributed by atoms with Crippen molar-refractivity contribution in [3.8, 4) is 0 Å². The van der Waals surface area contributed by atoms with Gasteiger partial charge in [-0.1, -0.05) is 217 Å². The van der Waals surface area contributed by atoms with Crippen molar-refractivity contribution in [1.29, 1.82) is 0 Å². The van der Waals surface area contributed by atoms with E-state index in [0.717, 1.165) is 64.2 Å². The van der Waals surface area contributed by atoms with Crippen molar-refractivity contribution in [1.82, 2.24) is 0 Å². The van der Waals surface area contributed by atoms with Gasteiger partial charge in [-0.3, -0.25) is 14.4 Å². The first-order valence-corrected chi connectivity index (χ1v) is 26.1. The number of carbonyl (C=O) groups is 3. The summed E-state index contributed by atoms with van der Waals surface area (Å²) in [4.78, 5) is 37.9. The van der Waals surface area contributed by atoms with Gasteiger partial charge in [-0.05, 0) is 77.0 Å². The molecule has 0 unspecified atom stereocenters. The standard InChI is InChI=1S/C55H98O6/c1-4-7-10-13-16-19-22-25-26-27-28-31-34-37-40-43-46-49-55(58)61-52(50-59-53(56)47-44-41-38-35-32-29-23-20-17-14-11-8-5-2)51-60-54(57)48-45-42-39-36-33-30-24-21-18-15-12-9-6-3/h20,23,25-26,28,31,37,40,52H,4-19,21-22,24,27,29-30,32-36,38-39,41-51H2,1-3H3/b23-20-,26-25-,31-28-,40-37-/t52-/m1/s1. The summed E-state index contributed by atoms with van der Waals surface area (Å²) in [6.07, 6.45) is 59.5. The Bertz CT molecular complexity index is 1070. The minimum Gasteiger partial charge on any atom is -0.462 e. The lowest BCUT2D eigenvalue weighted by Gasteiger charge is -2.18. The Morgan fingerprint density at radius 3 is 1.00 bits per heavy atom. The Kier molecular flexibility index (Phi) is 47.9. The second kappa shape index (κ2) is 50.0. The molecule has 0 aliphatic heterocycles. The quantitative estimate of drug-likeness (QED) is 0.0263. The highest BCUT2D eigenvalue weighted by Crippen LogP contribution is 2.15. The molecule has 0 aliphatic carbocycles. The molecular weight excluding hydrogens is 757 g/mol. The van der Waals surface area contributed by atoms with E-state index in [2.05, 4.69) is 69.4 Å². The number of esters is 3. The van der Waals surface area contributed by atoms with Crippen LogP contribution in [-0.4, -0.2) is 37.2 Å². The summed E-state index contributed by atoms with van der Waals surface area (Å²) in [7, 11) is 0. The molecule has 0 saturated carbocycles. The lowest BCUT2D eigenvalue weighted by atomic mass is 10.0. The van der Waals surface area contributed by atoms with E-state index in [4.69, 9.17) is 14.2 Å². The van der Waals surface area contributed by atoms with Crippen molar-refractivity contribution in [2.45, 2.75) is 271 Å². The van der Waals surface area contributed by atoms with Gasteiger partial charge in [0.25, 0.3) is 0 Å². The first-order valence-electron chi connectivity index (χ1n) is 26.1. The number of hydrogen-bond donors (Lipinski definition) is 0. The average molecular weight is 855 g/mol. The first-order chi connectivity index (χ1) is 30.0. The molecule has 0 spiro atoms. The van der Waals surface area contributed by atoms with E-state index >= 15 is 0 Å². The fourth-order valence-electron chi connectivity index (χ4n) is 7.34. The summed E-state index contributed by atoms with van der Waals surface area (Å²) in [6.45, 7) is 6.58. The highest BCUT2D eigenvalue weighted by Gasteiger charge is 2.19. The van der Waals surface area contributed by atoms with Crippen LogP contribution in [0.3, 0.4) is 0 Å². The van der Waals surface area contributed by atoms with E-state index in [0.29, 0.717) is 19.3 Å². The van der Waals surface area contributed by atoms with Crippen LogP contribution < -0.4 is 0 Å². The Balaban J connectivity index is 4.45. The molecule has 1 atom stereocenters. The van der Waals surface area contributed by atoms with Gasteiger partial charge in [0.1, 0.15) is 13.2 Å². The fraction of sp³-hybridized carbons (Fsp3) is 0.800. The zero-order chi connectivity index (χ0) is 44.4. The van der Waals surface area contributed by atoms with Crippen LogP contribution in [0, 0.1) is 0 Å². The Morgan fingerprint density at radius 1 is 0.328 bits per heavy atom. The summed E-state index contributed by atoms with van der Waals surface area (Å²) in [5.74, 6) is -0.948. The van der Waals surface area contributed by atoms with Crippen LogP contribution in [0.5, 0.6) is 0 Å². The maximum absolute atomic E-state index is 12.8. The summed E-state index contributed by atoms with van der Waals surface area (Å²) in [5.41, 5.74) is 0. The van der Waals surface area contributed by atoms with Crippen molar-refractivity contribution < 1.29 is 28.6 Å². The van der Waals surface area contributed by atoms with Crippen LogP contribution in [0.2, 0.25) is 0 Å². The molecule has 0 aliphatic rings. The van der Waals surface area contributed by atoms with Gasteiger partial charge >= 0.3 is 17.9 Å². The van der Waals surface area contributed by atoms with E-state index in [1.54, 1.807) is 0 Å². The highest BCUT2D eigenvalue weighted by atomic mass is 16.6. The Labute approximate surface area is 378 Å². The number of rotatable bonds is 47. The summed E-state index contributed by atoms with van der Waals surface area (Å²) >= 11 is 0. The molecule has 0 fully saturated rings. The Morgan fingerprint density at radius 2 is 0.607 bits per heavy atom. The zero-order valence-electron chi connectivity index (χ0n) is 40.4. The molecule has 6 heteroatoms. The molecule has 6 nitrogen and oxygen atoms in total. The SMILES string of the molecule is CCCCCC/C=C\CCCCCCCC(=O)OC[C@H](COC(=O)CCCCCCCCCCCCCCC)OC(=O)CCC/C=C\C/C=C\C/C=C\CCCCCCCC. The van der Waals surface area contributed by atoms with Gasteiger partial charge in [0.05, 0.1) is 0 Å². The minimum absolute atomic E-state index is 0.0933. The van der Waals surface area contributed by atoms with Gasteiger partial charge in [0.2, 0.25) is 0 Å². The predicted molar refractivity (Wildman–Crippen MR) is 261 cm³/mol. The molecular formula is C55H98O6. The molecule has 0 radical (unpaired) electrons. The number of allylic oxidation sites excluding steroid dienone is 8. The largest absolute Gasteiger partial charge is 0.462 e. The van der Waals surface area contributed by atoms with Gasteiger partial charge in [-0.15, -0.1) is 0 Å². The normalized spacial score (nSPS) is 12.4. The van der Waals surface area contributed by atoms with Crippen LogP contribution >= 0.6 is 0 Å². The van der Waals surface area contributed by atoms with E-state index < -0.39 is 6.10 Å². The van der Waals surface area contributed by atoms with Crippen LogP contribution in [0.15, 0.2) is 48.6 Å². The molecule has 0 saturated heterocycles. The number of unbranched alkanes of at least 4 members (excludes halogenated alkanes) is 28. The topological polar surface area (TPSA) is 78.9 Å². The molecule has 354 valence electrons. The fourth-order valence-corrected chi connectivity index (χ4v) is 7.34. The molecule has 0 heterocycles. The van der Waals surface area contributed by atoms with Gasteiger partial charge in [-0.25, -0.2) is 0 Å². The number of hydrogen-bond acceptors (Lipinski definition) is 6. The second-order valence-corrected chi connectivity index (χ2v) is 17.4. The molecule has 0 aromatic carbocycles. The van der Waals surface area contributed by atoms with Crippen LogP contribution in [0.25, 0.3) is 0 Å². The number of ether oxygens (including phenoxy) is 3. The van der Waals surface area contributed by atoms with Gasteiger partial charge < -0.3 is 14.2 Å². The minimum atomic E-state index is -0.799. The van der Waals surface area contributed by atoms with Crippen LogP contribution in [0.4, 0.5) is 0 Å². The van der Waals surface area contributed by atoms with Crippen LogP contribution in [0.1, 0.15) is 265 Å². The van der Waals surface area contributed by atoms with E-state index in [-0.39, 0.29) is 37.5 Å².